The standard InChI is InChI=1S/C19H26N4O2/c1-13-14(2)23(3)17(22-13)10-21-18(24)19(11-20-12-19)9-15-6-5-7-16(8-15)25-4/h5-8,20H,9-12H2,1-4H3,(H,21,24). The van der Waals surface area contributed by atoms with Crippen molar-refractivity contribution in [3.05, 3.63) is 47.0 Å². The van der Waals surface area contributed by atoms with E-state index in [0.717, 1.165) is 28.5 Å². The number of benzene rings is 1. The first-order valence-electron chi connectivity index (χ1n) is 8.56. The summed E-state index contributed by atoms with van der Waals surface area (Å²) >= 11 is 0. The average Bonchev–Trinajstić information content (AvgIpc) is 2.83. The fraction of sp³-hybridized carbons (Fsp3) is 0.474. The van der Waals surface area contributed by atoms with E-state index in [4.69, 9.17) is 4.74 Å². The molecule has 2 heterocycles. The zero-order valence-electron chi connectivity index (χ0n) is 15.3. The summed E-state index contributed by atoms with van der Waals surface area (Å²) in [5.41, 5.74) is 2.84. The molecule has 0 spiro atoms. The van der Waals surface area contributed by atoms with Gasteiger partial charge in [0, 0.05) is 25.8 Å². The van der Waals surface area contributed by atoms with Crippen molar-refractivity contribution in [3.63, 3.8) is 0 Å². The summed E-state index contributed by atoms with van der Waals surface area (Å²) in [6.07, 6.45) is 0.696. The zero-order valence-corrected chi connectivity index (χ0v) is 15.3. The summed E-state index contributed by atoms with van der Waals surface area (Å²) in [5, 5.41) is 6.32. The normalized spacial score (nSPS) is 15.5. The summed E-state index contributed by atoms with van der Waals surface area (Å²) in [6.45, 7) is 5.85. The minimum Gasteiger partial charge on any atom is -0.497 e. The highest BCUT2D eigenvalue weighted by Crippen LogP contribution is 2.29. The quantitative estimate of drug-likeness (QED) is 0.835. The number of nitrogens with zero attached hydrogens (tertiary/aromatic N) is 2. The van der Waals surface area contributed by atoms with Gasteiger partial charge in [0.05, 0.1) is 24.8 Å². The maximum Gasteiger partial charge on any atom is 0.229 e. The summed E-state index contributed by atoms with van der Waals surface area (Å²) in [5.74, 6) is 1.78. The predicted octanol–water partition coefficient (Wildman–Crippen LogP) is 1.49. The second-order valence-electron chi connectivity index (χ2n) is 6.85. The number of carbonyl (C=O) groups excluding carboxylic acids is 1. The molecule has 0 atom stereocenters. The van der Waals surface area contributed by atoms with E-state index in [1.54, 1.807) is 7.11 Å². The third kappa shape index (κ3) is 3.39. The van der Waals surface area contributed by atoms with E-state index in [2.05, 4.69) is 15.6 Å². The van der Waals surface area contributed by atoms with Crippen LogP contribution in [0, 0.1) is 19.3 Å². The van der Waals surface area contributed by atoms with Crippen LogP contribution in [0.25, 0.3) is 0 Å². The van der Waals surface area contributed by atoms with Crippen LogP contribution in [0.15, 0.2) is 24.3 Å². The molecule has 134 valence electrons. The second-order valence-corrected chi connectivity index (χ2v) is 6.85. The topological polar surface area (TPSA) is 68.2 Å². The lowest BCUT2D eigenvalue weighted by molar-refractivity contribution is -0.134. The monoisotopic (exact) mass is 342 g/mol. The Balaban J connectivity index is 1.69. The molecule has 25 heavy (non-hydrogen) atoms. The number of hydrogen-bond acceptors (Lipinski definition) is 4. The average molecular weight is 342 g/mol. The molecule has 6 heteroatoms. The Kier molecular flexibility index (Phi) is 4.81. The number of nitrogens with one attached hydrogen (secondary N) is 2. The van der Waals surface area contributed by atoms with Crippen LogP contribution < -0.4 is 15.4 Å². The first kappa shape index (κ1) is 17.5. The van der Waals surface area contributed by atoms with Crippen LogP contribution in [-0.4, -0.2) is 35.7 Å². The van der Waals surface area contributed by atoms with Crippen molar-refractivity contribution < 1.29 is 9.53 Å². The summed E-state index contributed by atoms with van der Waals surface area (Å²) in [4.78, 5) is 17.4. The molecule has 0 saturated carbocycles. The van der Waals surface area contributed by atoms with Crippen molar-refractivity contribution in [2.45, 2.75) is 26.8 Å². The molecule has 0 unspecified atom stereocenters. The Labute approximate surface area is 148 Å². The number of ether oxygens (including phenoxy) is 1. The van der Waals surface area contributed by atoms with Gasteiger partial charge in [-0.1, -0.05) is 12.1 Å². The van der Waals surface area contributed by atoms with E-state index in [0.29, 0.717) is 26.1 Å². The van der Waals surface area contributed by atoms with E-state index in [1.807, 2.05) is 49.7 Å². The van der Waals surface area contributed by atoms with Crippen LogP contribution >= 0.6 is 0 Å². The molecule has 1 aromatic carbocycles. The van der Waals surface area contributed by atoms with Crippen molar-refractivity contribution in [2.24, 2.45) is 12.5 Å². The van der Waals surface area contributed by atoms with Crippen molar-refractivity contribution >= 4 is 5.91 Å². The predicted molar refractivity (Wildman–Crippen MR) is 96.5 cm³/mol. The van der Waals surface area contributed by atoms with E-state index in [9.17, 15) is 4.79 Å². The molecule has 1 fully saturated rings. The maximum absolute atomic E-state index is 12.9. The van der Waals surface area contributed by atoms with Crippen LogP contribution in [-0.2, 0) is 24.8 Å². The van der Waals surface area contributed by atoms with Gasteiger partial charge in [-0.15, -0.1) is 0 Å². The number of aromatic nitrogens is 2. The number of methoxy groups -OCH3 is 1. The molecule has 1 aliphatic heterocycles. The van der Waals surface area contributed by atoms with Gasteiger partial charge >= 0.3 is 0 Å². The van der Waals surface area contributed by atoms with Gasteiger partial charge in [-0.3, -0.25) is 4.79 Å². The van der Waals surface area contributed by atoms with Gasteiger partial charge < -0.3 is 19.9 Å². The van der Waals surface area contributed by atoms with Crippen molar-refractivity contribution in [1.82, 2.24) is 20.2 Å². The molecule has 3 rings (SSSR count). The summed E-state index contributed by atoms with van der Waals surface area (Å²) in [7, 11) is 3.64. The Hall–Kier alpha value is -2.34. The molecule has 0 aliphatic carbocycles. The molecule has 2 N–H and O–H groups in total. The molecule has 2 aromatic rings. The molecule has 1 saturated heterocycles. The Morgan fingerprint density at radius 1 is 1.40 bits per heavy atom. The zero-order chi connectivity index (χ0) is 18.0. The smallest absolute Gasteiger partial charge is 0.229 e. The van der Waals surface area contributed by atoms with Crippen molar-refractivity contribution in [2.75, 3.05) is 20.2 Å². The molecule has 1 aromatic heterocycles. The summed E-state index contributed by atoms with van der Waals surface area (Å²) < 4.78 is 7.32. The fourth-order valence-corrected chi connectivity index (χ4v) is 3.26. The fourth-order valence-electron chi connectivity index (χ4n) is 3.26. The van der Waals surface area contributed by atoms with Gasteiger partial charge in [0.15, 0.2) is 0 Å². The third-order valence-electron chi connectivity index (χ3n) is 5.20. The Morgan fingerprint density at radius 3 is 2.72 bits per heavy atom. The molecule has 6 nitrogen and oxygen atoms in total. The van der Waals surface area contributed by atoms with Gasteiger partial charge in [-0.25, -0.2) is 4.98 Å². The van der Waals surface area contributed by atoms with E-state index in [-0.39, 0.29) is 5.91 Å². The molecular formula is C19H26N4O2. The number of amides is 1. The number of hydrogen-bond donors (Lipinski definition) is 2. The van der Waals surface area contributed by atoms with Gasteiger partial charge in [-0.05, 0) is 38.0 Å². The van der Waals surface area contributed by atoms with E-state index >= 15 is 0 Å². The Morgan fingerprint density at radius 2 is 2.16 bits per heavy atom. The largest absolute Gasteiger partial charge is 0.497 e. The minimum absolute atomic E-state index is 0.0763. The highest BCUT2D eigenvalue weighted by molar-refractivity contribution is 5.84. The van der Waals surface area contributed by atoms with Crippen LogP contribution in [0.4, 0.5) is 0 Å². The molecule has 0 radical (unpaired) electrons. The van der Waals surface area contributed by atoms with Crippen LogP contribution in [0.2, 0.25) is 0 Å². The van der Waals surface area contributed by atoms with Crippen molar-refractivity contribution in [3.8, 4) is 5.75 Å². The molecule has 1 amide bonds. The van der Waals surface area contributed by atoms with Crippen molar-refractivity contribution in [1.29, 1.82) is 0 Å². The first-order chi connectivity index (χ1) is 11.9. The number of imidazole rings is 1. The first-order valence-corrected chi connectivity index (χ1v) is 8.56. The van der Waals surface area contributed by atoms with E-state index < -0.39 is 5.41 Å². The van der Waals surface area contributed by atoms with Crippen LogP contribution in [0.5, 0.6) is 5.75 Å². The highest BCUT2D eigenvalue weighted by Gasteiger charge is 2.44. The number of rotatable bonds is 6. The number of carbonyl (C=O) groups is 1. The van der Waals surface area contributed by atoms with Gasteiger partial charge in [0.25, 0.3) is 0 Å². The third-order valence-corrected chi connectivity index (χ3v) is 5.20. The SMILES string of the molecule is COc1cccc(CC2(C(=O)NCc3nc(C)c(C)n3C)CNC2)c1. The number of aryl methyl sites for hydroxylation is 1. The van der Waals surface area contributed by atoms with E-state index in [1.165, 1.54) is 0 Å². The Bertz CT molecular complexity index is 778. The lowest BCUT2D eigenvalue weighted by Gasteiger charge is -2.41. The maximum atomic E-state index is 12.9. The van der Waals surface area contributed by atoms with Gasteiger partial charge in [0.1, 0.15) is 11.6 Å². The molecular weight excluding hydrogens is 316 g/mol. The second kappa shape index (κ2) is 6.88. The molecule has 0 bridgehead atoms. The van der Waals surface area contributed by atoms with Crippen LogP contribution in [0.3, 0.4) is 0 Å². The highest BCUT2D eigenvalue weighted by atomic mass is 16.5. The van der Waals surface area contributed by atoms with Gasteiger partial charge in [0.2, 0.25) is 5.91 Å². The van der Waals surface area contributed by atoms with Crippen LogP contribution in [0.1, 0.15) is 22.8 Å². The molecule has 1 aliphatic rings. The lowest BCUT2D eigenvalue weighted by atomic mass is 9.75. The van der Waals surface area contributed by atoms with Gasteiger partial charge in [-0.2, -0.15) is 0 Å². The minimum atomic E-state index is -0.401. The lowest BCUT2D eigenvalue weighted by Crippen LogP contribution is -2.62. The summed E-state index contributed by atoms with van der Waals surface area (Å²) in [6, 6.07) is 7.92.